The van der Waals surface area contributed by atoms with E-state index in [1.54, 1.807) is 18.2 Å². The van der Waals surface area contributed by atoms with Crippen molar-refractivity contribution in [3.8, 4) is 0 Å². The van der Waals surface area contributed by atoms with Crippen molar-refractivity contribution in [2.75, 3.05) is 0 Å². The maximum absolute atomic E-state index is 14.2. The maximum Gasteiger partial charge on any atom is 0.261 e. The Morgan fingerprint density at radius 2 is 1.93 bits per heavy atom. The van der Waals surface area contributed by atoms with E-state index in [4.69, 9.17) is 4.98 Å². The third-order valence-corrected chi connectivity index (χ3v) is 5.32. The quantitative estimate of drug-likeness (QED) is 0.543. The molecule has 0 saturated heterocycles. The SMILES string of the molecule is C[C@H](NC(=O)c1cccs1)c1nc2ccccc2n1Cc1ccccc1F. The molecule has 2 heterocycles. The Morgan fingerprint density at radius 3 is 2.70 bits per heavy atom. The number of halogens is 1. The van der Waals surface area contributed by atoms with Gasteiger partial charge in [0, 0.05) is 5.56 Å². The number of carbonyl (C=O) groups excluding carboxylic acids is 1. The number of hydrogen-bond donors (Lipinski definition) is 1. The van der Waals surface area contributed by atoms with E-state index in [1.807, 2.05) is 53.3 Å². The Hall–Kier alpha value is -2.99. The van der Waals surface area contributed by atoms with Crippen LogP contribution >= 0.6 is 11.3 Å². The molecule has 4 rings (SSSR count). The third-order valence-electron chi connectivity index (χ3n) is 4.45. The Balaban J connectivity index is 1.71. The molecular formula is C21H18FN3OS. The van der Waals surface area contributed by atoms with E-state index < -0.39 is 0 Å². The van der Waals surface area contributed by atoms with Crippen LogP contribution in [0.2, 0.25) is 0 Å². The molecule has 0 aliphatic rings. The fourth-order valence-corrected chi connectivity index (χ4v) is 3.75. The summed E-state index contributed by atoms with van der Waals surface area (Å²) >= 11 is 1.39. The molecule has 1 amide bonds. The molecule has 0 spiro atoms. The molecule has 0 radical (unpaired) electrons. The van der Waals surface area contributed by atoms with Gasteiger partial charge in [0.2, 0.25) is 0 Å². The molecule has 4 aromatic rings. The van der Waals surface area contributed by atoms with Crippen LogP contribution in [0.25, 0.3) is 11.0 Å². The van der Waals surface area contributed by atoms with E-state index in [2.05, 4.69) is 5.32 Å². The van der Waals surface area contributed by atoms with Crippen molar-refractivity contribution in [2.24, 2.45) is 0 Å². The van der Waals surface area contributed by atoms with Crippen LogP contribution in [0, 0.1) is 5.82 Å². The normalized spacial score (nSPS) is 12.2. The van der Waals surface area contributed by atoms with Crippen LogP contribution < -0.4 is 5.32 Å². The van der Waals surface area contributed by atoms with E-state index in [1.165, 1.54) is 17.4 Å². The van der Waals surface area contributed by atoms with E-state index in [9.17, 15) is 9.18 Å². The van der Waals surface area contributed by atoms with Crippen molar-refractivity contribution >= 4 is 28.3 Å². The fourth-order valence-electron chi connectivity index (χ4n) is 3.13. The first-order valence-electron chi connectivity index (χ1n) is 8.66. The summed E-state index contributed by atoms with van der Waals surface area (Å²) in [4.78, 5) is 17.8. The number of nitrogens with zero attached hydrogens (tertiary/aromatic N) is 2. The number of hydrogen-bond acceptors (Lipinski definition) is 3. The van der Waals surface area contributed by atoms with Gasteiger partial charge in [0.25, 0.3) is 5.91 Å². The molecule has 0 saturated carbocycles. The van der Waals surface area contributed by atoms with E-state index in [0.717, 1.165) is 11.0 Å². The Labute approximate surface area is 160 Å². The number of amides is 1. The second-order valence-electron chi connectivity index (χ2n) is 6.31. The minimum atomic E-state index is -0.321. The lowest BCUT2D eigenvalue weighted by atomic mass is 10.2. The van der Waals surface area contributed by atoms with Crippen LogP contribution in [0.1, 0.15) is 34.0 Å². The van der Waals surface area contributed by atoms with E-state index in [-0.39, 0.29) is 17.8 Å². The number of nitrogens with one attached hydrogen (secondary N) is 1. The summed E-state index contributed by atoms with van der Waals surface area (Å²) in [6.45, 7) is 2.24. The highest BCUT2D eigenvalue weighted by Gasteiger charge is 2.20. The molecule has 136 valence electrons. The smallest absolute Gasteiger partial charge is 0.261 e. The van der Waals surface area contributed by atoms with Crippen LogP contribution in [-0.2, 0) is 6.54 Å². The molecule has 4 nitrogen and oxygen atoms in total. The standard InChI is InChI=1S/C21H18FN3OS/c1-14(23-21(26)19-11-6-12-27-19)20-24-17-9-4-5-10-18(17)25(20)13-15-7-2-3-8-16(15)22/h2-12,14H,13H2,1H3,(H,23,26)/t14-/m0/s1. The topological polar surface area (TPSA) is 46.9 Å². The second-order valence-corrected chi connectivity index (χ2v) is 7.26. The van der Waals surface area contributed by atoms with Gasteiger partial charge in [-0.2, -0.15) is 0 Å². The first kappa shape index (κ1) is 17.4. The van der Waals surface area contributed by atoms with Gasteiger partial charge in [0.1, 0.15) is 11.6 Å². The van der Waals surface area contributed by atoms with Gasteiger partial charge in [-0.05, 0) is 36.6 Å². The molecule has 2 aromatic carbocycles. The molecule has 6 heteroatoms. The van der Waals surface area contributed by atoms with Gasteiger partial charge in [0.15, 0.2) is 0 Å². The zero-order chi connectivity index (χ0) is 18.8. The van der Waals surface area contributed by atoms with Crippen LogP contribution in [0.5, 0.6) is 0 Å². The third kappa shape index (κ3) is 3.48. The van der Waals surface area contributed by atoms with Gasteiger partial charge < -0.3 is 9.88 Å². The average molecular weight is 379 g/mol. The molecule has 2 aromatic heterocycles. The summed E-state index contributed by atoms with van der Waals surface area (Å²) in [5.74, 6) is 0.308. The minimum Gasteiger partial charge on any atom is -0.342 e. The van der Waals surface area contributed by atoms with Gasteiger partial charge in [0.05, 0.1) is 28.5 Å². The molecule has 0 bridgehead atoms. The summed E-state index contributed by atoms with van der Waals surface area (Å²) in [6, 6.07) is 17.8. The monoisotopic (exact) mass is 379 g/mol. The largest absolute Gasteiger partial charge is 0.342 e. The van der Waals surface area contributed by atoms with Gasteiger partial charge in [-0.25, -0.2) is 9.37 Å². The Morgan fingerprint density at radius 1 is 1.15 bits per heavy atom. The van der Waals surface area contributed by atoms with Crippen molar-refractivity contribution in [3.05, 3.63) is 88.1 Å². The molecular weight excluding hydrogens is 361 g/mol. The Kier molecular flexibility index (Phi) is 4.73. The molecule has 0 aliphatic heterocycles. The highest BCUT2D eigenvalue weighted by Crippen LogP contribution is 2.23. The van der Waals surface area contributed by atoms with Crippen molar-refractivity contribution in [2.45, 2.75) is 19.5 Å². The minimum absolute atomic E-state index is 0.137. The van der Waals surface area contributed by atoms with Crippen molar-refractivity contribution in [1.29, 1.82) is 0 Å². The number of fused-ring (bicyclic) bond motifs is 1. The average Bonchev–Trinajstić information content (AvgIpc) is 3.32. The number of benzene rings is 2. The highest BCUT2D eigenvalue weighted by atomic mass is 32.1. The van der Waals surface area contributed by atoms with Gasteiger partial charge in [-0.15, -0.1) is 11.3 Å². The highest BCUT2D eigenvalue weighted by molar-refractivity contribution is 7.12. The molecule has 0 aliphatic carbocycles. The summed E-state index contributed by atoms with van der Waals surface area (Å²) in [7, 11) is 0. The van der Waals surface area contributed by atoms with Crippen LogP contribution in [-0.4, -0.2) is 15.5 Å². The van der Waals surface area contributed by atoms with Crippen molar-refractivity contribution in [3.63, 3.8) is 0 Å². The molecule has 27 heavy (non-hydrogen) atoms. The Bertz CT molecular complexity index is 1090. The second kappa shape index (κ2) is 7.32. The number of para-hydroxylation sites is 2. The number of aromatic nitrogens is 2. The molecule has 0 fully saturated rings. The fraction of sp³-hybridized carbons (Fsp3) is 0.143. The lowest BCUT2D eigenvalue weighted by molar-refractivity contribution is 0.0942. The summed E-state index contributed by atoms with van der Waals surface area (Å²) < 4.78 is 16.2. The van der Waals surface area contributed by atoms with E-state index >= 15 is 0 Å². The molecule has 1 N–H and O–H groups in total. The van der Waals surface area contributed by atoms with E-state index in [0.29, 0.717) is 22.8 Å². The summed E-state index contributed by atoms with van der Waals surface area (Å²) in [5.41, 5.74) is 2.31. The zero-order valence-electron chi connectivity index (χ0n) is 14.7. The van der Waals surface area contributed by atoms with Crippen LogP contribution in [0.15, 0.2) is 66.0 Å². The van der Waals surface area contributed by atoms with Gasteiger partial charge in [-0.1, -0.05) is 36.4 Å². The first-order valence-corrected chi connectivity index (χ1v) is 9.54. The number of rotatable bonds is 5. The number of carbonyl (C=O) groups is 1. The predicted octanol–water partition coefficient (Wildman–Crippen LogP) is 4.78. The first-order chi connectivity index (χ1) is 13.1. The van der Waals surface area contributed by atoms with Crippen molar-refractivity contribution < 1.29 is 9.18 Å². The summed E-state index contributed by atoms with van der Waals surface area (Å²) in [6.07, 6.45) is 0. The molecule has 1 atom stereocenters. The lowest BCUT2D eigenvalue weighted by Crippen LogP contribution is -2.28. The van der Waals surface area contributed by atoms with Gasteiger partial charge in [-0.3, -0.25) is 4.79 Å². The summed E-state index contributed by atoms with van der Waals surface area (Å²) in [5, 5.41) is 4.86. The maximum atomic E-state index is 14.2. The molecule has 0 unspecified atom stereocenters. The lowest BCUT2D eigenvalue weighted by Gasteiger charge is -2.16. The van der Waals surface area contributed by atoms with Crippen molar-refractivity contribution in [1.82, 2.24) is 14.9 Å². The predicted molar refractivity (Wildman–Crippen MR) is 105 cm³/mol. The zero-order valence-corrected chi connectivity index (χ0v) is 15.5. The number of imidazole rings is 1. The van der Waals surface area contributed by atoms with Gasteiger partial charge >= 0.3 is 0 Å². The van der Waals surface area contributed by atoms with Crippen LogP contribution in [0.4, 0.5) is 4.39 Å². The van der Waals surface area contributed by atoms with Crippen LogP contribution in [0.3, 0.4) is 0 Å². The number of thiophene rings is 1.